The number of aromatic nitrogens is 1. The Morgan fingerprint density at radius 1 is 1.00 bits per heavy atom. The Kier molecular flexibility index (Phi) is 7.64. The Hall–Kier alpha value is -3.81. The molecule has 0 aliphatic carbocycles. The van der Waals surface area contributed by atoms with Gasteiger partial charge in [-0.2, -0.15) is 0 Å². The van der Waals surface area contributed by atoms with Crippen LogP contribution >= 0.6 is 0 Å². The molecule has 2 N–H and O–H groups in total. The predicted octanol–water partition coefficient (Wildman–Crippen LogP) is 4.09. The van der Waals surface area contributed by atoms with Crippen molar-refractivity contribution in [3.05, 3.63) is 89.8 Å². The molecule has 0 aliphatic rings. The lowest BCUT2D eigenvalue weighted by Crippen LogP contribution is -2.26. The average Bonchev–Trinajstić information content (AvgIpc) is 2.76. The molecule has 0 atom stereocenters. The Labute approximate surface area is 178 Å². The van der Waals surface area contributed by atoms with Gasteiger partial charge in [-0.3, -0.25) is 14.6 Å². The number of carbonyl (C=O) groups excluding carboxylic acids is 2. The van der Waals surface area contributed by atoms with Crippen LogP contribution in [-0.4, -0.2) is 23.3 Å². The third-order valence-electron chi connectivity index (χ3n) is 4.27. The zero-order valence-electron chi connectivity index (χ0n) is 16.6. The highest BCUT2D eigenvalue weighted by molar-refractivity contribution is 5.94. The molecule has 0 spiro atoms. The van der Waals surface area contributed by atoms with Gasteiger partial charge in [-0.05, 0) is 42.8 Å². The van der Waals surface area contributed by atoms with Gasteiger partial charge in [-0.1, -0.05) is 12.1 Å². The van der Waals surface area contributed by atoms with E-state index in [1.807, 2.05) is 18.2 Å². The molecule has 0 fully saturated rings. The monoisotopic (exact) mass is 425 g/mol. The number of hydrogen-bond donors (Lipinski definition) is 2. The summed E-state index contributed by atoms with van der Waals surface area (Å²) in [4.78, 5) is 28.2. The van der Waals surface area contributed by atoms with Crippen molar-refractivity contribution in [1.82, 2.24) is 10.3 Å². The van der Waals surface area contributed by atoms with E-state index in [1.165, 1.54) is 0 Å². The minimum atomic E-state index is -0.930. The summed E-state index contributed by atoms with van der Waals surface area (Å²) in [5.41, 5.74) is 1.13. The maximum absolute atomic E-state index is 13.6. The number of amides is 2. The molecule has 0 saturated carbocycles. The van der Waals surface area contributed by atoms with Gasteiger partial charge in [0.05, 0.1) is 11.3 Å². The molecular formula is C23H21F2N3O3. The number of benzene rings is 2. The van der Waals surface area contributed by atoms with Crippen LogP contribution in [-0.2, 0) is 11.4 Å². The van der Waals surface area contributed by atoms with Crippen LogP contribution in [0, 0.1) is 11.6 Å². The SMILES string of the molecule is O=C(CCCNC(=O)c1ccc(F)cc1F)Nc1cccc(OCc2ccccn2)c1. The lowest BCUT2D eigenvalue weighted by atomic mass is 10.2. The van der Waals surface area contributed by atoms with Crippen molar-refractivity contribution in [2.24, 2.45) is 0 Å². The summed E-state index contributed by atoms with van der Waals surface area (Å²) < 4.78 is 32.2. The number of rotatable bonds is 9. The molecule has 3 aromatic rings. The van der Waals surface area contributed by atoms with Crippen molar-refractivity contribution in [2.45, 2.75) is 19.4 Å². The number of halogens is 2. The van der Waals surface area contributed by atoms with E-state index in [1.54, 1.807) is 30.5 Å². The molecule has 1 aromatic heterocycles. The van der Waals surface area contributed by atoms with Gasteiger partial charge >= 0.3 is 0 Å². The van der Waals surface area contributed by atoms with Crippen LogP contribution in [0.15, 0.2) is 66.9 Å². The molecular weight excluding hydrogens is 404 g/mol. The van der Waals surface area contributed by atoms with Gasteiger partial charge in [0.15, 0.2) is 0 Å². The van der Waals surface area contributed by atoms with Crippen molar-refractivity contribution in [1.29, 1.82) is 0 Å². The summed E-state index contributed by atoms with van der Waals surface area (Å²) in [5.74, 6) is -1.98. The smallest absolute Gasteiger partial charge is 0.254 e. The van der Waals surface area contributed by atoms with Crippen molar-refractivity contribution in [2.75, 3.05) is 11.9 Å². The van der Waals surface area contributed by atoms with E-state index in [0.717, 1.165) is 17.8 Å². The minimum Gasteiger partial charge on any atom is -0.487 e. The number of pyridine rings is 1. The summed E-state index contributed by atoms with van der Waals surface area (Å²) >= 11 is 0. The zero-order valence-corrected chi connectivity index (χ0v) is 16.6. The van der Waals surface area contributed by atoms with Crippen LogP contribution in [0.5, 0.6) is 5.75 Å². The average molecular weight is 425 g/mol. The van der Waals surface area contributed by atoms with Gasteiger partial charge in [-0.15, -0.1) is 0 Å². The van der Waals surface area contributed by atoms with E-state index >= 15 is 0 Å². The molecule has 1 heterocycles. The van der Waals surface area contributed by atoms with Crippen LogP contribution < -0.4 is 15.4 Å². The summed E-state index contributed by atoms with van der Waals surface area (Å²) in [7, 11) is 0. The second kappa shape index (κ2) is 10.8. The topological polar surface area (TPSA) is 80.3 Å². The highest BCUT2D eigenvalue weighted by Crippen LogP contribution is 2.18. The third kappa shape index (κ3) is 6.88. The molecule has 0 radical (unpaired) electrons. The minimum absolute atomic E-state index is 0.158. The Morgan fingerprint density at radius 2 is 1.87 bits per heavy atom. The highest BCUT2D eigenvalue weighted by Gasteiger charge is 2.12. The summed E-state index contributed by atoms with van der Waals surface area (Å²) in [6, 6.07) is 15.3. The van der Waals surface area contributed by atoms with Crippen LogP contribution in [0.4, 0.5) is 14.5 Å². The Balaban J connectivity index is 1.41. The third-order valence-corrected chi connectivity index (χ3v) is 4.27. The van der Waals surface area contributed by atoms with Gasteiger partial charge in [-0.25, -0.2) is 8.78 Å². The molecule has 0 aliphatic heterocycles. The van der Waals surface area contributed by atoms with E-state index in [4.69, 9.17) is 4.74 Å². The van der Waals surface area contributed by atoms with Gasteiger partial charge in [0.1, 0.15) is 24.0 Å². The number of hydrogen-bond acceptors (Lipinski definition) is 4. The van der Waals surface area contributed by atoms with Gasteiger partial charge in [0.25, 0.3) is 5.91 Å². The molecule has 31 heavy (non-hydrogen) atoms. The van der Waals surface area contributed by atoms with Crippen LogP contribution in [0.3, 0.4) is 0 Å². The molecule has 160 valence electrons. The molecule has 8 heteroatoms. The maximum atomic E-state index is 13.6. The Bertz CT molecular complexity index is 1050. The lowest BCUT2D eigenvalue weighted by molar-refractivity contribution is -0.116. The molecule has 0 bridgehead atoms. The fraction of sp³-hybridized carbons (Fsp3) is 0.174. The van der Waals surface area contributed by atoms with Crippen LogP contribution in [0.25, 0.3) is 0 Å². The number of anilines is 1. The van der Waals surface area contributed by atoms with Crippen molar-refractivity contribution in [3.8, 4) is 5.75 Å². The summed E-state index contributed by atoms with van der Waals surface area (Å²) in [6.45, 7) is 0.489. The molecule has 6 nitrogen and oxygen atoms in total. The first-order valence-electron chi connectivity index (χ1n) is 9.67. The van der Waals surface area contributed by atoms with E-state index in [0.29, 0.717) is 30.5 Å². The van der Waals surface area contributed by atoms with Crippen LogP contribution in [0.2, 0.25) is 0 Å². The zero-order chi connectivity index (χ0) is 22.1. The quantitative estimate of drug-likeness (QED) is 0.506. The Morgan fingerprint density at radius 3 is 2.65 bits per heavy atom. The number of carbonyl (C=O) groups is 2. The second-order valence-corrected chi connectivity index (χ2v) is 6.67. The largest absolute Gasteiger partial charge is 0.487 e. The van der Waals surface area contributed by atoms with Crippen LogP contribution in [0.1, 0.15) is 28.9 Å². The number of nitrogens with zero attached hydrogens (tertiary/aromatic N) is 1. The first-order chi connectivity index (χ1) is 15.0. The van der Waals surface area contributed by atoms with E-state index in [2.05, 4.69) is 15.6 Å². The van der Waals surface area contributed by atoms with Gasteiger partial charge in [0, 0.05) is 37.0 Å². The standard InChI is InChI=1S/C23H21F2N3O3/c24-16-9-10-20(21(25)13-16)23(30)27-12-4-8-22(29)28-17-6-3-7-19(14-17)31-15-18-5-1-2-11-26-18/h1-3,5-7,9-11,13-14H,4,8,12,15H2,(H,27,30)(H,28,29). The molecule has 3 rings (SSSR count). The van der Waals surface area contributed by atoms with Crippen molar-refractivity contribution < 1.29 is 23.1 Å². The fourth-order valence-corrected chi connectivity index (χ4v) is 2.75. The first-order valence-corrected chi connectivity index (χ1v) is 9.67. The normalized spacial score (nSPS) is 10.4. The molecule has 2 aromatic carbocycles. The van der Waals surface area contributed by atoms with Crippen molar-refractivity contribution >= 4 is 17.5 Å². The lowest BCUT2D eigenvalue weighted by Gasteiger charge is -2.09. The van der Waals surface area contributed by atoms with Gasteiger partial charge < -0.3 is 15.4 Å². The fourth-order valence-electron chi connectivity index (χ4n) is 2.75. The van der Waals surface area contributed by atoms with E-state index in [-0.39, 0.29) is 24.4 Å². The van der Waals surface area contributed by atoms with E-state index < -0.39 is 17.5 Å². The molecule has 2 amide bonds. The maximum Gasteiger partial charge on any atom is 0.254 e. The second-order valence-electron chi connectivity index (χ2n) is 6.67. The molecule has 0 saturated heterocycles. The predicted molar refractivity (Wildman–Crippen MR) is 112 cm³/mol. The number of ether oxygens (including phenoxy) is 1. The number of nitrogens with one attached hydrogen (secondary N) is 2. The highest BCUT2D eigenvalue weighted by atomic mass is 19.1. The molecule has 0 unspecified atom stereocenters. The summed E-state index contributed by atoms with van der Waals surface area (Å²) in [6.07, 6.45) is 2.20. The van der Waals surface area contributed by atoms with E-state index in [9.17, 15) is 18.4 Å². The van der Waals surface area contributed by atoms with Gasteiger partial charge in [0.2, 0.25) is 5.91 Å². The van der Waals surface area contributed by atoms with Crippen molar-refractivity contribution in [3.63, 3.8) is 0 Å². The summed E-state index contributed by atoms with van der Waals surface area (Å²) in [5, 5.41) is 5.28. The first kappa shape index (κ1) is 21.9.